The smallest absolute Gasteiger partial charge is 0.109 e. The van der Waals surface area contributed by atoms with Crippen LogP contribution in [0.5, 0.6) is 0 Å². The van der Waals surface area contributed by atoms with Crippen LogP contribution in [0.25, 0.3) is 0 Å². The molecule has 1 aliphatic rings. The Labute approximate surface area is 93.9 Å². The highest BCUT2D eigenvalue weighted by Gasteiger charge is 2.25. The molecular weight excluding hydrogens is 186 g/mol. The van der Waals surface area contributed by atoms with Crippen molar-refractivity contribution >= 4 is 0 Å². The van der Waals surface area contributed by atoms with Gasteiger partial charge in [0, 0.05) is 0 Å². The maximum absolute atomic E-state index is 6.12. The molecule has 0 amide bonds. The predicted molar refractivity (Wildman–Crippen MR) is 64.5 cm³/mol. The molecule has 1 aliphatic heterocycles. The molecule has 0 saturated carbocycles. The minimum atomic E-state index is 0.0894. The summed E-state index contributed by atoms with van der Waals surface area (Å²) in [7, 11) is 0. The number of ether oxygens (including phenoxy) is 1. The number of nitrogens with two attached hydrogens (primary N) is 1. The van der Waals surface area contributed by atoms with Gasteiger partial charge in [0.1, 0.15) is 11.9 Å². The van der Waals surface area contributed by atoms with E-state index in [0.29, 0.717) is 17.9 Å². The van der Waals surface area contributed by atoms with Crippen LogP contribution >= 0.6 is 0 Å². The fraction of sp³-hybridized carbons (Fsp3) is 0.846. The average molecular weight is 211 g/mol. The molecule has 1 rings (SSSR count). The Balaban J connectivity index is 2.56. The quantitative estimate of drug-likeness (QED) is 0.775. The van der Waals surface area contributed by atoms with Gasteiger partial charge in [0.2, 0.25) is 0 Å². The first-order valence-electron chi connectivity index (χ1n) is 6.16. The fourth-order valence-electron chi connectivity index (χ4n) is 2.14. The first-order valence-corrected chi connectivity index (χ1v) is 6.16. The third-order valence-corrected chi connectivity index (χ3v) is 3.11. The average Bonchev–Trinajstić information content (AvgIpc) is 2.17. The molecule has 0 saturated heterocycles. The van der Waals surface area contributed by atoms with Crippen LogP contribution in [-0.2, 0) is 4.74 Å². The molecule has 15 heavy (non-hydrogen) atoms. The highest BCUT2D eigenvalue weighted by atomic mass is 16.5. The summed E-state index contributed by atoms with van der Waals surface area (Å²) >= 11 is 0. The Kier molecular flexibility index (Phi) is 4.65. The Hall–Kier alpha value is -0.500. The molecule has 2 N–H and O–H groups in total. The lowest BCUT2D eigenvalue weighted by Gasteiger charge is -2.32. The molecule has 0 aromatic rings. The molecule has 0 radical (unpaired) electrons. The van der Waals surface area contributed by atoms with Gasteiger partial charge >= 0.3 is 0 Å². The molecule has 0 spiro atoms. The van der Waals surface area contributed by atoms with E-state index in [0.717, 1.165) is 25.0 Å². The van der Waals surface area contributed by atoms with Crippen molar-refractivity contribution in [1.82, 2.24) is 0 Å². The van der Waals surface area contributed by atoms with Crippen LogP contribution in [0.4, 0.5) is 0 Å². The summed E-state index contributed by atoms with van der Waals surface area (Å²) in [6, 6.07) is 0.0894. The van der Waals surface area contributed by atoms with Gasteiger partial charge in [0.05, 0.1) is 6.04 Å². The van der Waals surface area contributed by atoms with Gasteiger partial charge in [-0.2, -0.15) is 0 Å². The third kappa shape index (κ3) is 3.53. The molecule has 0 aromatic heterocycles. The third-order valence-electron chi connectivity index (χ3n) is 3.11. The second-order valence-electron chi connectivity index (χ2n) is 5.12. The highest BCUT2D eigenvalue weighted by molar-refractivity contribution is 5.07. The van der Waals surface area contributed by atoms with Crippen LogP contribution < -0.4 is 5.73 Å². The number of rotatable bonds is 4. The van der Waals surface area contributed by atoms with Gasteiger partial charge in [0.15, 0.2) is 0 Å². The van der Waals surface area contributed by atoms with Crippen LogP contribution in [0, 0.1) is 11.8 Å². The molecule has 1 heterocycles. The normalized spacial score (nSPS) is 28.5. The zero-order valence-electron chi connectivity index (χ0n) is 10.5. The van der Waals surface area contributed by atoms with Gasteiger partial charge in [-0.25, -0.2) is 0 Å². The van der Waals surface area contributed by atoms with E-state index in [4.69, 9.17) is 10.5 Å². The minimum absolute atomic E-state index is 0.0894. The van der Waals surface area contributed by atoms with Crippen LogP contribution in [0.15, 0.2) is 11.8 Å². The van der Waals surface area contributed by atoms with Gasteiger partial charge in [0.25, 0.3) is 0 Å². The second kappa shape index (κ2) is 5.55. The van der Waals surface area contributed by atoms with Gasteiger partial charge in [-0.05, 0) is 37.2 Å². The zero-order valence-corrected chi connectivity index (χ0v) is 10.5. The predicted octanol–water partition coefficient (Wildman–Crippen LogP) is 3.08. The van der Waals surface area contributed by atoms with Crippen LogP contribution in [0.1, 0.15) is 47.0 Å². The van der Waals surface area contributed by atoms with E-state index in [9.17, 15) is 0 Å². The largest absolute Gasteiger partial charge is 0.493 e. The molecule has 0 fully saturated rings. The van der Waals surface area contributed by atoms with Crippen molar-refractivity contribution in [2.45, 2.75) is 59.1 Å². The molecule has 0 aliphatic carbocycles. The molecule has 2 nitrogen and oxygen atoms in total. The molecule has 2 heteroatoms. The van der Waals surface area contributed by atoms with Crippen LogP contribution in [-0.4, -0.2) is 12.1 Å². The lowest BCUT2D eigenvalue weighted by molar-refractivity contribution is 0.0416. The Morgan fingerprint density at radius 3 is 2.73 bits per heavy atom. The summed E-state index contributed by atoms with van der Waals surface area (Å²) < 4.78 is 5.95. The zero-order chi connectivity index (χ0) is 11.4. The van der Waals surface area contributed by atoms with Crippen molar-refractivity contribution in [3.63, 3.8) is 0 Å². The van der Waals surface area contributed by atoms with E-state index >= 15 is 0 Å². The number of hydrogen-bond acceptors (Lipinski definition) is 2. The van der Waals surface area contributed by atoms with Crippen molar-refractivity contribution in [1.29, 1.82) is 0 Å². The maximum Gasteiger partial charge on any atom is 0.109 e. The monoisotopic (exact) mass is 211 g/mol. The molecule has 3 unspecified atom stereocenters. The van der Waals surface area contributed by atoms with Gasteiger partial charge < -0.3 is 10.5 Å². The first kappa shape index (κ1) is 12.6. The minimum Gasteiger partial charge on any atom is -0.493 e. The maximum atomic E-state index is 6.12. The topological polar surface area (TPSA) is 35.2 Å². The van der Waals surface area contributed by atoms with E-state index in [-0.39, 0.29) is 6.04 Å². The standard InChI is InChI=1S/C13H25NO/c1-5-12-10(4)6-7-13(15-12)11(14)8-9(2)3/h7,9-12H,5-6,8,14H2,1-4H3. The summed E-state index contributed by atoms with van der Waals surface area (Å²) in [6.45, 7) is 8.82. The summed E-state index contributed by atoms with van der Waals surface area (Å²) in [4.78, 5) is 0. The van der Waals surface area contributed by atoms with Crippen LogP contribution in [0.3, 0.4) is 0 Å². The van der Waals surface area contributed by atoms with E-state index in [2.05, 4.69) is 33.8 Å². The van der Waals surface area contributed by atoms with E-state index in [1.54, 1.807) is 0 Å². The van der Waals surface area contributed by atoms with Gasteiger partial charge in [-0.15, -0.1) is 0 Å². The van der Waals surface area contributed by atoms with E-state index < -0.39 is 0 Å². The second-order valence-corrected chi connectivity index (χ2v) is 5.12. The van der Waals surface area contributed by atoms with Crippen molar-refractivity contribution in [3.8, 4) is 0 Å². The van der Waals surface area contributed by atoms with Gasteiger partial charge in [-0.1, -0.05) is 27.7 Å². The number of allylic oxidation sites excluding steroid dienone is 1. The lowest BCUT2D eigenvalue weighted by atomic mass is 9.93. The van der Waals surface area contributed by atoms with Crippen molar-refractivity contribution in [2.75, 3.05) is 0 Å². The van der Waals surface area contributed by atoms with Crippen molar-refractivity contribution in [2.24, 2.45) is 17.6 Å². The van der Waals surface area contributed by atoms with Crippen LogP contribution in [0.2, 0.25) is 0 Å². The summed E-state index contributed by atoms with van der Waals surface area (Å²) in [6.07, 6.45) is 5.75. The molecule has 0 aromatic carbocycles. The molecule has 88 valence electrons. The Morgan fingerprint density at radius 2 is 2.20 bits per heavy atom. The van der Waals surface area contributed by atoms with Gasteiger partial charge in [-0.3, -0.25) is 0 Å². The first-order chi connectivity index (χ1) is 7.04. The molecular formula is C13H25NO. The van der Waals surface area contributed by atoms with Crippen molar-refractivity contribution < 1.29 is 4.74 Å². The highest BCUT2D eigenvalue weighted by Crippen LogP contribution is 2.27. The van der Waals surface area contributed by atoms with E-state index in [1.165, 1.54) is 0 Å². The molecule has 0 bridgehead atoms. The summed E-state index contributed by atoms with van der Waals surface area (Å²) in [5.41, 5.74) is 6.12. The summed E-state index contributed by atoms with van der Waals surface area (Å²) in [5.74, 6) is 2.28. The SMILES string of the molecule is CCC1OC(C(N)CC(C)C)=CCC1C. The van der Waals surface area contributed by atoms with E-state index in [1.807, 2.05) is 0 Å². The Bertz CT molecular complexity index is 223. The summed E-state index contributed by atoms with van der Waals surface area (Å²) in [5, 5.41) is 0. The molecule has 3 atom stereocenters. The fourth-order valence-corrected chi connectivity index (χ4v) is 2.14. The number of hydrogen-bond donors (Lipinski definition) is 1. The Morgan fingerprint density at radius 1 is 1.53 bits per heavy atom. The lowest BCUT2D eigenvalue weighted by Crippen LogP contribution is -2.33. The van der Waals surface area contributed by atoms with Crippen molar-refractivity contribution in [3.05, 3.63) is 11.8 Å².